The molecule has 2 aromatic heterocycles. The highest BCUT2D eigenvalue weighted by molar-refractivity contribution is 7.18. The summed E-state index contributed by atoms with van der Waals surface area (Å²) >= 11 is 1.75. The molecular weight excluding hydrogens is 354 g/mol. The monoisotopic (exact) mass is 377 g/mol. The third-order valence-corrected chi connectivity index (χ3v) is 5.87. The number of aromatic nitrogens is 2. The molecule has 0 spiro atoms. The number of hydrogen-bond acceptors (Lipinski definition) is 3. The first-order valence-electron chi connectivity index (χ1n) is 9.46. The van der Waals surface area contributed by atoms with Gasteiger partial charge in [0.15, 0.2) is 0 Å². The lowest BCUT2D eigenvalue weighted by Gasteiger charge is -2.04. The summed E-state index contributed by atoms with van der Waals surface area (Å²) in [6, 6.07) is 16.5. The number of nitrogens with one attached hydrogen (secondary N) is 2. The van der Waals surface area contributed by atoms with Crippen LogP contribution < -0.4 is 5.32 Å². The maximum atomic E-state index is 12.1. The van der Waals surface area contributed by atoms with E-state index in [1.165, 1.54) is 15.6 Å². The summed E-state index contributed by atoms with van der Waals surface area (Å²) in [4.78, 5) is 20.0. The predicted molar refractivity (Wildman–Crippen MR) is 112 cm³/mol. The number of aryl methyl sites for hydroxylation is 1. The van der Waals surface area contributed by atoms with Gasteiger partial charge in [0.05, 0.1) is 15.2 Å². The molecule has 0 unspecified atom stereocenters. The van der Waals surface area contributed by atoms with Crippen LogP contribution >= 0.6 is 11.3 Å². The zero-order chi connectivity index (χ0) is 18.5. The minimum atomic E-state index is 0.138. The maximum Gasteiger partial charge on any atom is 0.220 e. The van der Waals surface area contributed by atoms with Gasteiger partial charge in [-0.1, -0.05) is 30.3 Å². The van der Waals surface area contributed by atoms with Crippen LogP contribution in [-0.2, 0) is 17.6 Å². The van der Waals surface area contributed by atoms with Gasteiger partial charge < -0.3 is 10.3 Å². The molecule has 27 heavy (non-hydrogen) atoms. The van der Waals surface area contributed by atoms with Crippen molar-refractivity contribution in [1.82, 2.24) is 15.3 Å². The fraction of sp³-hybridized carbons (Fsp3) is 0.273. The van der Waals surface area contributed by atoms with Crippen molar-refractivity contribution in [3.05, 3.63) is 65.3 Å². The Morgan fingerprint density at radius 3 is 2.81 bits per heavy atom. The number of carbonyl (C=O) groups excluding carboxylic acids is 1. The second-order valence-electron chi connectivity index (χ2n) is 6.74. The highest BCUT2D eigenvalue weighted by atomic mass is 32.1. The summed E-state index contributed by atoms with van der Waals surface area (Å²) in [5.41, 5.74) is 3.47. The molecule has 1 amide bonds. The van der Waals surface area contributed by atoms with Crippen LogP contribution in [0.1, 0.15) is 29.8 Å². The molecule has 0 aliphatic heterocycles. The third kappa shape index (κ3) is 4.37. The Morgan fingerprint density at radius 2 is 1.89 bits per heavy atom. The highest BCUT2D eigenvalue weighted by Crippen LogP contribution is 2.23. The lowest BCUT2D eigenvalue weighted by Crippen LogP contribution is -2.25. The van der Waals surface area contributed by atoms with E-state index in [2.05, 4.69) is 39.6 Å². The maximum absolute atomic E-state index is 12.1. The summed E-state index contributed by atoms with van der Waals surface area (Å²) in [6.45, 7) is 0.679. The summed E-state index contributed by atoms with van der Waals surface area (Å²) < 4.78 is 1.24. The van der Waals surface area contributed by atoms with Gasteiger partial charge in [-0.2, -0.15) is 0 Å². The molecule has 0 aliphatic carbocycles. The molecule has 2 aromatic carbocycles. The number of benzene rings is 2. The average Bonchev–Trinajstić information content (AvgIpc) is 3.29. The number of fused-ring (bicyclic) bond motifs is 2. The van der Waals surface area contributed by atoms with Crippen molar-refractivity contribution < 1.29 is 4.79 Å². The van der Waals surface area contributed by atoms with Crippen molar-refractivity contribution in [1.29, 1.82) is 0 Å². The lowest BCUT2D eigenvalue weighted by molar-refractivity contribution is -0.121. The van der Waals surface area contributed by atoms with Gasteiger partial charge in [-0.15, -0.1) is 11.3 Å². The summed E-state index contributed by atoms with van der Waals surface area (Å²) in [7, 11) is 0. The number of carbonyl (C=O) groups is 1. The molecule has 0 fully saturated rings. The quantitative estimate of drug-likeness (QED) is 0.431. The molecule has 2 N–H and O–H groups in total. The van der Waals surface area contributed by atoms with Gasteiger partial charge >= 0.3 is 0 Å². The molecular formula is C22H23N3OS. The normalized spacial score (nSPS) is 11.3. The van der Waals surface area contributed by atoms with Gasteiger partial charge in [-0.05, 0) is 49.4 Å². The van der Waals surface area contributed by atoms with Gasteiger partial charge in [0, 0.05) is 30.1 Å². The summed E-state index contributed by atoms with van der Waals surface area (Å²) in [5, 5.41) is 5.44. The van der Waals surface area contributed by atoms with Gasteiger partial charge in [0.1, 0.15) is 0 Å². The summed E-state index contributed by atoms with van der Waals surface area (Å²) in [5.74, 6) is 0.138. The van der Waals surface area contributed by atoms with Crippen LogP contribution in [-0.4, -0.2) is 22.4 Å². The zero-order valence-electron chi connectivity index (χ0n) is 15.2. The van der Waals surface area contributed by atoms with Crippen molar-refractivity contribution in [2.24, 2.45) is 0 Å². The van der Waals surface area contributed by atoms with Gasteiger partial charge in [-0.3, -0.25) is 4.79 Å². The average molecular weight is 378 g/mol. The number of hydrogen-bond donors (Lipinski definition) is 2. The largest absolute Gasteiger partial charge is 0.361 e. The third-order valence-electron chi connectivity index (χ3n) is 4.77. The van der Waals surface area contributed by atoms with Crippen molar-refractivity contribution in [3.8, 4) is 0 Å². The number of aromatic amines is 1. The Balaban J connectivity index is 1.16. The molecule has 0 atom stereocenters. The van der Waals surface area contributed by atoms with Crippen LogP contribution in [0.2, 0.25) is 0 Å². The second kappa shape index (κ2) is 8.35. The number of thiazole rings is 1. The second-order valence-corrected chi connectivity index (χ2v) is 7.86. The number of para-hydroxylation sites is 2. The lowest BCUT2D eigenvalue weighted by atomic mass is 10.1. The number of H-pyrrole nitrogens is 1. The van der Waals surface area contributed by atoms with Gasteiger partial charge in [0.25, 0.3) is 0 Å². The van der Waals surface area contributed by atoms with Crippen molar-refractivity contribution in [2.45, 2.75) is 32.1 Å². The predicted octanol–water partition coefficient (Wildman–Crippen LogP) is 4.85. The van der Waals surface area contributed by atoms with Gasteiger partial charge in [-0.25, -0.2) is 4.98 Å². The van der Waals surface area contributed by atoms with Crippen LogP contribution in [0.25, 0.3) is 21.1 Å². The molecule has 138 valence electrons. The van der Waals surface area contributed by atoms with E-state index >= 15 is 0 Å². The minimum Gasteiger partial charge on any atom is -0.361 e. The Kier molecular flexibility index (Phi) is 5.49. The first-order valence-corrected chi connectivity index (χ1v) is 10.3. The molecule has 0 saturated carbocycles. The zero-order valence-corrected chi connectivity index (χ0v) is 16.0. The Labute approximate surface area is 162 Å². The highest BCUT2D eigenvalue weighted by Gasteiger charge is 2.06. The molecule has 4 aromatic rings. The standard InChI is InChI=1S/C22H23N3OS/c26-21(23-14-13-16-15-24-18-8-2-1-7-17(16)18)11-5-6-12-22-25-19-9-3-4-10-20(19)27-22/h1-4,7-10,15,24H,5-6,11-14H2,(H,23,26). The van der Waals surface area contributed by atoms with E-state index < -0.39 is 0 Å². The van der Waals surface area contributed by atoms with Crippen molar-refractivity contribution >= 4 is 38.4 Å². The van der Waals surface area contributed by atoms with E-state index in [0.29, 0.717) is 13.0 Å². The first kappa shape index (κ1) is 17.7. The number of amides is 1. The first-order chi connectivity index (χ1) is 13.3. The smallest absolute Gasteiger partial charge is 0.220 e. The topological polar surface area (TPSA) is 57.8 Å². The molecule has 0 aliphatic rings. The molecule has 0 bridgehead atoms. The SMILES string of the molecule is O=C(CCCCc1nc2ccccc2s1)NCCc1c[nH]c2ccccc12. The minimum absolute atomic E-state index is 0.138. The number of rotatable bonds is 8. The van der Waals surface area contributed by atoms with Crippen LogP contribution in [0.5, 0.6) is 0 Å². The molecule has 4 rings (SSSR count). The fourth-order valence-corrected chi connectivity index (χ4v) is 4.36. The van der Waals surface area contributed by atoms with Gasteiger partial charge in [0.2, 0.25) is 5.91 Å². The summed E-state index contributed by atoms with van der Waals surface area (Å²) in [6.07, 6.45) is 6.31. The van der Waals surface area contributed by atoms with Crippen molar-refractivity contribution in [2.75, 3.05) is 6.54 Å². The molecule has 0 saturated heterocycles. The molecule has 2 heterocycles. The molecule has 4 nitrogen and oxygen atoms in total. The van der Waals surface area contributed by atoms with E-state index in [9.17, 15) is 4.79 Å². The molecule has 5 heteroatoms. The van der Waals surface area contributed by atoms with E-state index in [4.69, 9.17) is 0 Å². The van der Waals surface area contributed by atoms with E-state index in [1.54, 1.807) is 11.3 Å². The van der Waals surface area contributed by atoms with Crippen LogP contribution in [0.3, 0.4) is 0 Å². The van der Waals surface area contributed by atoms with E-state index in [1.807, 2.05) is 30.5 Å². The Morgan fingerprint density at radius 1 is 1.04 bits per heavy atom. The fourth-order valence-electron chi connectivity index (χ4n) is 3.35. The van der Waals surface area contributed by atoms with Crippen molar-refractivity contribution in [3.63, 3.8) is 0 Å². The van der Waals surface area contributed by atoms with Crippen LogP contribution in [0.15, 0.2) is 54.7 Å². The Hall–Kier alpha value is -2.66. The number of nitrogens with zero attached hydrogens (tertiary/aromatic N) is 1. The number of unbranched alkanes of at least 4 members (excludes halogenated alkanes) is 1. The van der Waals surface area contributed by atoms with Crippen LogP contribution in [0.4, 0.5) is 0 Å². The van der Waals surface area contributed by atoms with E-state index in [-0.39, 0.29) is 5.91 Å². The Bertz CT molecular complexity index is 1020. The van der Waals surface area contributed by atoms with Crippen LogP contribution in [0, 0.1) is 0 Å². The molecule has 0 radical (unpaired) electrons. The van der Waals surface area contributed by atoms with E-state index in [0.717, 1.165) is 41.7 Å².